The number of aromatic nitrogens is 2. The highest BCUT2D eigenvalue weighted by Gasteiger charge is 2.27. The number of amides is 1. The van der Waals surface area contributed by atoms with Gasteiger partial charge in [0.1, 0.15) is 11.6 Å². The average molecular weight is 382 g/mol. The molecule has 0 spiro atoms. The monoisotopic (exact) mass is 382 g/mol. The first-order valence-corrected chi connectivity index (χ1v) is 9.23. The van der Waals surface area contributed by atoms with Crippen molar-refractivity contribution < 1.29 is 13.6 Å². The van der Waals surface area contributed by atoms with Gasteiger partial charge in [-0.15, -0.1) is 0 Å². The maximum Gasteiger partial charge on any atom is 0.259 e. The Labute approximate surface area is 161 Å². The van der Waals surface area contributed by atoms with Gasteiger partial charge in [0.2, 0.25) is 0 Å². The summed E-state index contributed by atoms with van der Waals surface area (Å²) in [6.07, 6.45) is 3.30. The molecule has 5 nitrogen and oxygen atoms in total. The van der Waals surface area contributed by atoms with Crippen molar-refractivity contribution in [1.82, 2.24) is 15.1 Å². The second-order valence-corrected chi connectivity index (χ2v) is 6.82. The van der Waals surface area contributed by atoms with E-state index in [1.165, 1.54) is 36.4 Å². The first-order valence-electron chi connectivity index (χ1n) is 9.23. The van der Waals surface area contributed by atoms with E-state index in [9.17, 15) is 13.6 Å². The van der Waals surface area contributed by atoms with E-state index in [-0.39, 0.29) is 23.5 Å². The average Bonchev–Trinajstić information content (AvgIpc) is 3.16. The molecular weight excluding hydrogens is 362 g/mol. The summed E-state index contributed by atoms with van der Waals surface area (Å²) in [4.78, 5) is 12.9. The molecule has 0 unspecified atom stereocenters. The van der Waals surface area contributed by atoms with Gasteiger partial charge < -0.3 is 10.6 Å². The maximum absolute atomic E-state index is 13.3. The Hall–Kier alpha value is -3.06. The predicted octanol–water partition coefficient (Wildman–Crippen LogP) is 3.87. The number of anilines is 1. The first kappa shape index (κ1) is 18.3. The summed E-state index contributed by atoms with van der Waals surface area (Å²) >= 11 is 0. The third-order valence-electron chi connectivity index (χ3n) is 4.95. The molecule has 144 valence electrons. The van der Waals surface area contributed by atoms with Gasteiger partial charge in [0, 0.05) is 11.6 Å². The van der Waals surface area contributed by atoms with Crippen LogP contribution < -0.4 is 10.6 Å². The maximum atomic E-state index is 13.3. The van der Waals surface area contributed by atoms with Crippen molar-refractivity contribution in [2.24, 2.45) is 0 Å². The molecule has 1 fully saturated rings. The Morgan fingerprint density at radius 2 is 1.61 bits per heavy atom. The number of hydrogen-bond acceptors (Lipinski definition) is 3. The van der Waals surface area contributed by atoms with Crippen LogP contribution in [-0.2, 0) is 0 Å². The van der Waals surface area contributed by atoms with Crippen LogP contribution in [0, 0.1) is 11.6 Å². The number of benzene rings is 2. The fraction of sp³-hybridized carbons (Fsp3) is 0.238. The molecule has 28 heavy (non-hydrogen) atoms. The second kappa shape index (κ2) is 7.90. The molecule has 0 saturated carbocycles. The lowest BCUT2D eigenvalue weighted by Crippen LogP contribution is -2.29. The van der Waals surface area contributed by atoms with Crippen molar-refractivity contribution in [3.63, 3.8) is 0 Å². The summed E-state index contributed by atoms with van der Waals surface area (Å²) in [6.45, 7) is 1.72. The zero-order chi connectivity index (χ0) is 19.5. The lowest BCUT2D eigenvalue weighted by Gasteiger charge is -2.24. The zero-order valence-corrected chi connectivity index (χ0v) is 15.2. The van der Waals surface area contributed by atoms with Gasteiger partial charge in [-0.1, -0.05) is 0 Å². The van der Waals surface area contributed by atoms with Crippen LogP contribution in [-0.4, -0.2) is 28.8 Å². The van der Waals surface area contributed by atoms with Crippen LogP contribution >= 0.6 is 0 Å². The van der Waals surface area contributed by atoms with Crippen molar-refractivity contribution in [2.75, 3.05) is 18.4 Å². The summed E-state index contributed by atoms with van der Waals surface area (Å²) in [6, 6.07) is 11.7. The molecule has 2 N–H and O–H groups in total. The van der Waals surface area contributed by atoms with Crippen LogP contribution in [0.2, 0.25) is 0 Å². The molecule has 1 amide bonds. The number of nitrogens with one attached hydrogen (secondary N) is 2. The highest BCUT2D eigenvalue weighted by Crippen LogP contribution is 2.30. The van der Waals surface area contributed by atoms with E-state index in [1.54, 1.807) is 23.0 Å². The van der Waals surface area contributed by atoms with Gasteiger partial charge in [-0.2, -0.15) is 5.10 Å². The van der Waals surface area contributed by atoms with Gasteiger partial charge >= 0.3 is 0 Å². The van der Waals surface area contributed by atoms with E-state index >= 15 is 0 Å². The van der Waals surface area contributed by atoms with E-state index in [0.717, 1.165) is 31.6 Å². The molecule has 0 radical (unpaired) electrons. The first-order chi connectivity index (χ1) is 13.6. The number of carbonyl (C=O) groups excluding carboxylic acids is 1. The molecule has 1 aliphatic heterocycles. The van der Waals surface area contributed by atoms with Gasteiger partial charge in [-0.3, -0.25) is 4.79 Å². The Balaban J connectivity index is 1.70. The molecule has 0 bridgehead atoms. The fourth-order valence-electron chi connectivity index (χ4n) is 3.54. The van der Waals surface area contributed by atoms with Crippen molar-refractivity contribution >= 4 is 11.6 Å². The van der Waals surface area contributed by atoms with Crippen molar-refractivity contribution in [3.05, 3.63) is 77.6 Å². The third kappa shape index (κ3) is 3.80. The Morgan fingerprint density at radius 3 is 2.25 bits per heavy atom. The number of halogens is 2. The Morgan fingerprint density at radius 1 is 1.00 bits per heavy atom. The molecule has 1 aliphatic rings. The van der Waals surface area contributed by atoms with Gasteiger partial charge in [-0.05, 0) is 74.5 Å². The van der Waals surface area contributed by atoms with Gasteiger partial charge in [0.25, 0.3) is 5.91 Å². The van der Waals surface area contributed by atoms with Gasteiger partial charge in [-0.25, -0.2) is 13.5 Å². The molecule has 1 saturated heterocycles. The number of carbonyl (C=O) groups is 1. The van der Waals surface area contributed by atoms with Crippen LogP contribution in [0.25, 0.3) is 5.69 Å². The largest absolute Gasteiger partial charge is 0.322 e. The molecule has 2 heterocycles. The molecule has 1 aromatic heterocycles. The molecule has 4 rings (SSSR count). The minimum absolute atomic E-state index is 0.155. The van der Waals surface area contributed by atoms with Crippen molar-refractivity contribution in [1.29, 1.82) is 0 Å². The number of piperidine rings is 1. The van der Waals surface area contributed by atoms with Crippen LogP contribution in [0.3, 0.4) is 0 Å². The van der Waals surface area contributed by atoms with Crippen LogP contribution in [0.15, 0.2) is 54.7 Å². The summed E-state index contributed by atoms with van der Waals surface area (Å²) in [5, 5.41) is 10.5. The highest BCUT2D eigenvalue weighted by molar-refractivity contribution is 6.05. The third-order valence-corrected chi connectivity index (χ3v) is 4.95. The smallest absolute Gasteiger partial charge is 0.259 e. The Bertz CT molecular complexity index is 961. The Kier molecular flexibility index (Phi) is 5.16. The van der Waals surface area contributed by atoms with Crippen LogP contribution in [0.1, 0.15) is 34.8 Å². The van der Waals surface area contributed by atoms with Crippen molar-refractivity contribution in [3.8, 4) is 5.69 Å². The van der Waals surface area contributed by atoms with E-state index in [2.05, 4.69) is 15.7 Å². The zero-order valence-electron chi connectivity index (χ0n) is 15.2. The fourth-order valence-corrected chi connectivity index (χ4v) is 3.54. The molecule has 0 atom stereocenters. The lowest BCUT2D eigenvalue weighted by atomic mass is 9.91. The summed E-state index contributed by atoms with van der Waals surface area (Å²) in [7, 11) is 0. The minimum Gasteiger partial charge on any atom is -0.322 e. The van der Waals surface area contributed by atoms with E-state index in [0.29, 0.717) is 16.9 Å². The molecule has 3 aromatic rings. The molecular formula is C21H20F2N4O. The molecule has 0 aliphatic carbocycles. The van der Waals surface area contributed by atoms with Gasteiger partial charge in [0.05, 0.1) is 23.1 Å². The van der Waals surface area contributed by atoms with E-state index in [4.69, 9.17) is 0 Å². The standard InChI is InChI=1S/C21H20F2N4O/c22-15-1-5-17(6-2-15)26-21(28)19-13-25-27(18-7-3-16(23)4-8-18)20(19)14-9-11-24-12-10-14/h1-8,13-14,24H,9-12H2,(H,26,28). The number of hydrogen-bond donors (Lipinski definition) is 2. The van der Waals surface area contributed by atoms with Crippen LogP contribution in [0.5, 0.6) is 0 Å². The number of nitrogens with zero attached hydrogens (tertiary/aromatic N) is 2. The van der Waals surface area contributed by atoms with Crippen LogP contribution in [0.4, 0.5) is 14.5 Å². The quantitative estimate of drug-likeness (QED) is 0.720. The lowest BCUT2D eigenvalue weighted by molar-refractivity contribution is 0.102. The topological polar surface area (TPSA) is 59.0 Å². The van der Waals surface area contributed by atoms with Crippen molar-refractivity contribution in [2.45, 2.75) is 18.8 Å². The molecule has 7 heteroatoms. The molecule has 2 aromatic carbocycles. The predicted molar refractivity (Wildman–Crippen MR) is 103 cm³/mol. The van der Waals surface area contributed by atoms with E-state index < -0.39 is 0 Å². The summed E-state index contributed by atoms with van der Waals surface area (Å²) in [5.41, 5.74) is 2.50. The minimum atomic E-state index is -0.363. The summed E-state index contributed by atoms with van der Waals surface area (Å²) in [5.74, 6) is -0.831. The number of rotatable bonds is 4. The highest BCUT2D eigenvalue weighted by atomic mass is 19.1. The van der Waals surface area contributed by atoms with E-state index in [1.807, 2.05) is 0 Å². The normalized spacial score (nSPS) is 14.8. The van der Waals surface area contributed by atoms with Gasteiger partial charge in [0.15, 0.2) is 0 Å². The summed E-state index contributed by atoms with van der Waals surface area (Å²) < 4.78 is 28.2. The second-order valence-electron chi connectivity index (χ2n) is 6.82. The SMILES string of the molecule is O=C(Nc1ccc(F)cc1)c1cnn(-c2ccc(F)cc2)c1C1CCNCC1.